The van der Waals surface area contributed by atoms with E-state index in [0.29, 0.717) is 0 Å². The molecule has 0 heterocycles. The fourth-order valence-electron chi connectivity index (χ4n) is 1.33. The predicted molar refractivity (Wildman–Crippen MR) is 43.5 cm³/mol. The summed E-state index contributed by atoms with van der Waals surface area (Å²) in [5.74, 6) is 5.38. The molecule has 1 aliphatic rings. The molecule has 1 fully saturated rings. The minimum Gasteiger partial charge on any atom is -0.759 e. The van der Waals surface area contributed by atoms with E-state index in [2.05, 4.69) is 0 Å². The minimum atomic E-state index is -5.17. The van der Waals surface area contributed by atoms with Gasteiger partial charge in [-0.05, 0) is 12.8 Å². The average Bonchev–Trinajstić information content (AvgIpc) is 2.03. The molecule has 1 saturated carbocycles. The van der Waals surface area contributed by atoms with Crippen LogP contribution in [0.1, 0.15) is 32.1 Å². The van der Waals surface area contributed by atoms with Gasteiger partial charge in [0.05, 0.1) is 0 Å². The van der Waals surface area contributed by atoms with Crippen LogP contribution in [0, 0.1) is 0 Å². The van der Waals surface area contributed by atoms with Crippen molar-refractivity contribution in [3.8, 4) is 0 Å². The Morgan fingerprint density at radius 3 is 1.77 bits per heavy atom. The Hall–Kier alpha value is -0.210. The van der Waals surface area contributed by atoms with Crippen LogP contribution in [0.3, 0.4) is 0 Å². The maximum atomic E-state index is 8.52. The SMILES string of the molecule is N[NH2+]C1CCCCC1.O=S(=O)([O-])[O-]. The number of rotatable bonds is 1. The van der Waals surface area contributed by atoms with Crippen molar-refractivity contribution in [1.82, 2.24) is 0 Å². The molecule has 0 atom stereocenters. The van der Waals surface area contributed by atoms with Crippen molar-refractivity contribution in [3.05, 3.63) is 0 Å². The molecule has 0 aromatic carbocycles. The Kier molecular flexibility index (Phi) is 6.17. The highest BCUT2D eigenvalue weighted by Gasteiger charge is 2.13. The van der Waals surface area contributed by atoms with Gasteiger partial charge in [-0.1, -0.05) is 6.42 Å². The third-order valence-electron chi connectivity index (χ3n) is 1.92. The van der Waals surface area contributed by atoms with E-state index in [0.717, 1.165) is 6.04 Å². The average molecular weight is 211 g/mol. The molecule has 0 bridgehead atoms. The molecule has 0 saturated heterocycles. The predicted octanol–water partition coefficient (Wildman–Crippen LogP) is -1.58. The van der Waals surface area contributed by atoms with Crippen molar-refractivity contribution >= 4 is 10.4 Å². The molecule has 80 valence electrons. The molecule has 13 heavy (non-hydrogen) atoms. The molecule has 4 N–H and O–H groups in total. The highest BCUT2D eigenvalue weighted by atomic mass is 32.3. The molecule has 6 nitrogen and oxygen atoms in total. The van der Waals surface area contributed by atoms with Crippen molar-refractivity contribution < 1.29 is 22.9 Å². The number of quaternary nitrogens is 1. The Balaban J connectivity index is 0.000000252. The van der Waals surface area contributed by atoms with Crippen LogP contribution in [-0.4, -0.2) is 23.6 Å². The van der Waals surface area contributed by atoms with Gasteiger partial charge in [-0.2, -0.15) is 5.84 Å². The van der Waals surface area contributed by atoms with E-state index in [-0.39, 0.29) is 0 Å². The molecular weight excluding hydrogens is 196 g/mol. The Morgan fingerprint density at radius 2 is 1.54 bits per heavy atom. The van der Waals surface area contributed by atoms with Crippen LogP contribution < -0.4 is 11.3 Å². The summed E-state index contributed by atoms with van der Waals surface area (Å²) < 4.78 is 34.1. The first-order valence-corrected chi connectivity index (χ1v) is 5.48. The van der Waals surface area contributed by atoms with Gasteiger partial charge in [0.1, 0.15) is 6.04 Å². The van der Waals surface area contributed by atoms with Gasteiger partial charge in [0, 0.05) is 23.2 Å². The zero-order valence-electron chi connectivity index (χ0n) is 7.31. The summed E-state index contributed by atoms with van der Waals surface area (Å²) >= 11 is 0. The lowest BCUT2D eigenvalue weighted by atomic mass is 9.96. The van der Waals surface area contributed by atoms with E-state index in [1.165, 1.54) is 32.1 Å². The molecule has 0 aromatic heterocycles. The minimum absolute atomic E-state index is 0.740. The van der Waals surface area contributed by atoms with Crippen molar-refractivity contribution in [2.45, 2.75) is 38.1 Å². The van der Waals surface area contributed by atoms with Gasteiger partial charge in [0.2, 0.25) is 0 Å². The summed E-state index contributed by atoms with van der Waals surface area (Å²) in [6.45, 7) is 0. The maximum Gasteiger partial charge on any atom is 0.103 e. The van der Waals surface area contributed by atoms with Crippen LogP contribution in [0.25, 0.3) is 0 Å². The van der Waals surface area contributed by atoms with Crippen molar-refractivity contribution in [2.24, 2.45) is 5.84 Å². The molecule has 0 radical (unpaired) electrons. The molecule has 0 amide bonds. The van der Waals surface area contributed by atoms with Gasteiger partial charge in [0.15, 0.2) is 0 Å². The zero-order chi connectivity index (χ0) is 10.3. The monoisotopic (exact) mass is 211 g/mol. The van der Waals surface area contributed by atoms with Crippen LogP contribution in [-0.2, 0) is 10.4 Å². The van der Waals surface area contributed by atoms with Gasteiger partial charge in [-0.25, -0.2) is 0 Å². The topological polar surface area (TPSA) is 123 Å². The zero-order valence-corrected chi connectivity index (χ0v) is 8.13. The van der Waals surface area contributed by atoms with E-state index >= 15 is 0 Å². The number of hydrogen-bond donors (Lipinski definition) is 2. The quantitative estimate of drug-likeness (QED) is 0.234. The molecule has 1 aliphatic carbocycles. The fourth-order valence-corrected chi connectivity index (χ4v) is 1.33. The smallest absolute Gasteiger partial charge is 0.103 e. The highest BCUT2D eigenvalue weighted by Crippen LogP contribution is 2.13. The Morgan fingerprint density at radius 1 is 1.15 bits per heavy atom. The summed E-state index contributed by atoms with van der Waals surface area (Å²) in [6, 6.07) is 0.740. The lowest BCUT2D eigenvalue weighted by Crippen LogP contribution is -2.96. The first-order valence-electron chi connectivity index (χ1n) is 4.15. The summed E-state index contributed by atoms with van der Waals surface area (Å²) in [6.07, 6.45) is 6.86. The lowest BCUT2D eigenvalue weighted by Gasteiger charge is -2.16. The van der Waals surface area contributed by atoms with Crippen LogP contribution in [0.4, 0.5) is 0 Å². The van der Waals surface area contributed by atoms with E-state index in [1.807, 2.05) is 5.43 Å². The van der Waals surface area contributed by atoms with Gasteiger partial charge >= 0.3 is 0 Å². The van der Waals surface area contributed by atoms with Crippen molar-refractivity contribution in [2.75, 3.05) is 0 Å². The Bertz CT molecular complexity index is 203. The first kappa shape index (κ1) is 12.8. The van der Waals surface area contributed by atoms with Gasteiger partial charge in [0.25, 0.3) is 0 Å². The van der Waals surface area contributed by atoms with Crippen molar-refractivity contribution in [3.63, 3.8) is 0 Å². The van der Waals surface area contributed by atoms with Gasteiger partial charge in [-0.15, -0.1) is 0 Å². The number of hydrogen-bond acceptors (Lipinski definition) is 5. The molecule has 0 aliphatic heterocycles. The maximum absolute atomic E-state index is 8.52. The first-order chi connectivity index (χ1) is 5.93. The highest BCUT2D eigenvalue weighted by molar-refractivity contribution is 7.79. The summed E-state index contributed by atoms with van der Waals surface area (Å²) in [5.41, 5.74) is 1.86. The second kappa shape index (κ2) is 6.28. The summed E-state index contributed by atoms with van der Waals surface area (Å²) in [4.78, 5) is 0. The Labute approximate surface area is 78.1 Å². The number of nitrogens with two attached hydrogens (primary N) is 2. The second-order valence-corrected chi connectivity index (χ2v) is 3.82. The van der Waals surface area contributed by atoms with Gasteiger partial charge < -0.3 is 9.11 Å². The van der Waals surface area contributed by atoms with Crippen LogP contribution >= 0.6 is 0 Å². The molecular formula is C6H15N2O4S-. The molecule has 0 spiro atoms. The normalized spacial score (nSPS) is 19.0. The van der Waals surface area contributed by atoms with Crippen LogP contribution in [0.5, 0.6) is 0 Å². The summed E-state index contributed by atoms with van der Waals surface area (Å²) in [7, 11) is -5.17. The van der Waals surface area contributed by atoms with Gasteiger partial charge in [-0.3, -0.25) is 13.8 Å². The van der Waals surface area contributed by atoms with Crippen LogP contribution in [0.15, 0.2) is 0 Å². The van der Waals surface area contributed by atoms with Crippen LogP contribution in [0.2, 0.25) is 0 Å². The largest absolute Gasteiger partial charge is 0.759 e. The summed E-state index contributed by atoms with van der Waals surface area (Å²) in [5, 5.41) is 0. The molecule has 1 rings (SSSR count). The lowest BCUT2D eigenvalue weighted by molar-refractivity contribution is -0.704. The third kappa shape index (κ3) is 11.8. The van der Waals surface area contributed by atoms with E-state index in [4.69, 9.17) is 23.4 Å². The second-order valence-electron chi connectivity index (χ2n) is 3.00. The van der Waals surface area contributed by atoms with Crippen molar-refractivity contribution in [1.29, 1.82) is 0 Å². The molecule has 0 unspecified atom stereocenters. The molecule has 0 aromatic rings. The van der Waals surface area contributed by atoms with E-state index < -0.39 is 10.4 Å². The third-order valence-corrected chi connectivity index (χ3v) is 1.92. The fraction of sp³-hybridized carbons (Fsp3) is 1.00. The standard InChI is InChI=1S/C6H14N2.H2O4S/c7-8-6-4-2-1-3-5-6;1-5(2,3)4/h6,8H,1-5,7H2;(H2,1,2,3,4)/p-1. The van der Waals surface area contributed by atoms with E-state index in [1.54, 1.807) is 0 Å². The molecule has 7 heteroatoms. The van der Waals surface area contributed by atoms with E-state index in [9.17, 15) is 0 Å².